The largest absolute Gasteiger partial charge is 0.491 e. The minimum absolute atomic E-state index is 0.0783. The second kappa shape index (κ2) is 13.3. The highest BCUT2D eigenvalue weighted by Gasteiger charge is 2.21. The van der Waals surface area contributed by atoms with Crippen molar-refractivity contribution in [2.75, 3.05) is 35.6 Å². The number of hydrogen-bond acceptors (Lipinski definition) is 6. The molecule has 2 aromatic rings. The van der Waals surface area contributed by atoms with E-state index in [4.69, 9.17) is 10.5 Å². The maximum Gasteiger partial charge on any atom is 0.330 e. The van der Waals surface area contributed by atoms with Gasteiger partial charge in [0, 0.05) is 13.1 Å². The zero-order chi connectivity index (χ0) is 24.2. The molecule has 4 N–H and O–H groups in total. The van der Waals surface area contributed by atoms with Crippen LogP contribution in [0.3, 0.4) is 0 Å². The van der Waals surface area contributed by atoms with Gasteiger partial charge in [-0.15, -0.1) is 0 Å². The fraction of sp³-hybridized carbons (Fsp3) is 0.542. The summed E-state index contributed by atoms with van der Waals surface area (Å²) in [6, 6.07) is 7.24. The van der Waals surface area contributed by atoms with Gasteiger partial charge in [0.05, 0.1) is 18.8 Å². The van der Waals surface area contributed by atoms with E-state index < -0.39 is 11.2 Å². The number of nitrogens with one attached hydrogen (secondary N) is 2. The molecule has 0 aliphatic heterocycles. The van der Waals surface area contributed by atoms with Gasteiger partial charge in [0.2, 0.25) is 5.91 Å². The predicted octanol–water partition coefficient (Wildman–Crippen LogP) is 3.34. The van der Waals surface area contributed by atoms with E-state index in [1.165, 1.54) is 4.57 Å². The Hall–Kier alpha value is -3.23. The van der Waals surface area contributed by atoms with Crippen molar-refractivity contribution < 1.29 is 9.53 Å². The summed E-state index contributed by atoms with van der Waals surface area (Å²) in [5, 5.41) is 2.88. The molecule has 1 aromatic carbocycles. The Morgan fingerprint density at radius 3 is 2.52 bits per heavy atom. The molecule has 0 fully saturated rings. The number of ether oxygens (including phenoxy) is 1. The summed E-state index contributed by atoms with van der Waals surface area (Å²) in [6.45, 7) is 7.44. The van der Waals surface area contributed by atoms with Crippen LogP contribution in [0.1, 0.15) is 59.3 Å². The predicted molar refractivity (Wildman–Crippen MR) is 133 cm³/mol. The van der Waals surface area contributed by atoms with Crippen molar-refractivity contribution in [3.05, 3.63) is 45.1 Å². The van der Waals surface area contributed by atoms with Gasteiger partial charge in [-0.3, -0.25) is 19.1 Å². The molecule has 0 radical (unpaired) electrons. The normalized spacial score (nSPS) is 10.8. The van der Waals surface area contributed by atoms with E-state index in [-0.39, 0.29) is 24.0 Å². The third kappa shape index (κ3) is 7.40. The quantitative estimate of drug-likeness (QED) is 0.372. The molecule has 0 bridgehead atoms. The zero-order valence-electron chi connectivity index (χ0n) is 20.0. The third-order valence-electron chi connectivity index (χ3n) is 5.25. The molecular weight excluding hydrogens is 422 g/mol. The molecule has 2 rings (SSSR count). The van der Waals surface area contributed by atoms with Crippen LogP contribution in [0.15, 0.2) is 33.9 Å². The lowest BCUT2D eigenvalue weighted by atomic mass is 10.2. The number of carbonyl (C=O) groups is 1. The standard InChI is InChI=1S/C24H37N5O4/c1-4-7-11-14-28(21-22(25)29(15-8-5-2)24(32)27-23(21)31)17-20(30)26-18-12-9-10-13-19(18)33-16-6-3/h9-10,12-13H,4-8,11,14-17,25H2,1-3H3,(H,26,30)(H,27,31,32). The molecule has 0 saturated carbocycles. The average Bonchev–Trinajstić information content (AvgIpc) is 2.78. The molecule has 182 valence electrons. The van der Waals surface area contributed by atoms with Crippen LogP contribution in [0, 0.1) is 0 Å². The van der Waals surface area contributed by atoms with E-state index in [9.17, 15) is 14.4 Å². The van der Waals surface area contributed by atoms with Gasteiger partial charge in [-0.05, 0) is 31.4 Å². The van der Waals surface area contributed by atoms with Crippen LogP contribution in [0.5, 0.6) is 5.75 Å². The van der Waals surface area contributed by atoms with Crippen molar-refractivity contribution in [1.29, 1.82) is 0 Å². The highest BCUT2D eigenvalue weighted by atomic mass is 16.5. The highest BCUT2D eigenvalue weighted by molar-refractivity contribution is 5.95. The van der Waals surface area contributed by atoms with Crippen LogP contribution < -0.4 is 31.9 Å². The van der Waals surface area contributed by atoms with Gasteiger partial charge in [-0.2, -0.15) is 0 Å². The molecule has 0 saturated heterocycles. The number of H-pyrrole nitrogens is 1. The molecule has 1 heterocycles. The summed E-state index contributed by atoms with van der Waals surface area (Å²) in [5.41, 5.74) is 5.90. The Kier molecular flexibility index (Phi) is 10.5. The van der Waals surface area contributed by atoms with Crippen molar-refractivity contribution in [2.45, 2.75) is 65.8 Å². The van der Waals surface area contributed by atoms with E-state index in [0.717, 1.165) is 38.5 Å². The summed E-state index contributed by atoms with van der Waals surface area (Å²) in [4.78, 5) is 42.0. The highest BCUT2D eigenvalue weighted by Crippen LogP contribution is 2.24. The summed E-state index contributed by atoms with van der Waals surface area (Å²) >= 11 is 0. The Balaban J connectivity index is 2.32. The summed E-state index contributed by atoms with van der Waals surface area (Å²) < 4.78 is 7.09. The minimum Gasteiger partial charge on any atom is -0.491 e. The molecular formula is C24H37N5O4. The van der Waals surface area contributed by atoms with Crippen LogP contribution in [0.25, 0.3) is 0 Å². The van der Waals surface area contributed by atoms with Crippen LogP contribution >= 0.6 is 0 Å². The number of para-hydroxylation sites is 2. The number of amides is 1. The monoisotopic (exact) mass is 459 g/mol. The van der Waals surface area contributed by atoms with Gasteiger partial charge >= 0.3 is 5.69 Å². The van der Waals surface area contributed by atoms with E-state index >= 15 is 0 Å². The molecule has 0 aliphatic carbocycles. The fourth-order valence-corrected chi connectivity index (χ4v) is 3.51. The maximum atomic E-state index is 13.0. The Bertz CT molecular complexity index is 1010. The van der Waals surface area contributed by atoms with Crippen LogP contribution in [0.4, 0.5) is 17.2 Å². The summed E-state index contributed by atoms with van der Waals surface area (Å²) in [6.07, 6.45) is 5.20. The van der Waals surface area contributed by atoms with Crippen LogP contribution in [0.2, 0.25) is 0 Å². The number of hydrogen-bond donors (Lipinski definition) is 3. The van der Waals surface area contributed by atoms with Crippen molar-refractivity contribution in [3.63, 3.8) is 0 Å². The Morgan fingerprint density at radius 1 is 1.09 bits per heavy atom. The molecule has 0 spiro atoms. The second-order valence-corrected chi connectivity index (χ2v) is 8.02. The number of benzene rings is 1. The van der Waals surface area contributed by atoms with Gasteiger partial charge in [-0.25, -0.2) is 4.79 Å². The number of nitrogens with zero attached hydrogens (tertiary/aromatic N) is 2. The first-order chi connectivity index (χ1) is 15.9. The van der Waals surface area contributed by atoms with Crippen molar-refractivity contribution in [1.82, 2.24) is 9.55 Å². The topological polar surface area (TPSA) is 122 Å². The van der Waals surface area contributed by atoms with Crippen molar-refractivity contribution in [3.8, 4) is 5.75 Å². The van der Waals surface area contributed by atoms with E-state index in [2.05, 4.69) is 17.2 Å². The maximum absolute atomic E-state index is 13.0. The molecule has 9 heteroatoms. The van der Waals surface area contributed by atoms with Crippen LogP contribution in [-0.2, 0) is 11.3 Å². The molecule has 9 nitrogen and oxygen atoms in total. The Morgan fingerprint density at radius 2 is 1.82 bits per heavy atom. The number of aromatic amines is 1. The van der Waals surface area contributed by atoms with Crippen molar-refractivity contribution in [2.24, 2.45) is 0 Å². The first kappa shape index (κ1) is 26.0. The summed E-state index contributed by atoms with van der Waals surface area (Å²) in [7, 11) is 0. The molecule has 33 heavy (non-hydrogen) atoms. The molecule has 0 atom stereocenters. The molecule has 0 aliphatic rings. The van der Waals surface area contributed by atoms with E-state index in [1.54, 1.807) is 17.0 Å². The lowest BCUT2D eigenvalue weighted by Crippen LogP contribution is -2.42. The molecule has 0 unspecified atom stereocenters. The third-order valence-corrected chi connectivity index (χ3v) is 5.25. The number of rotatable bonds is 14. The first-order valence-corrected chi connectivity index (χ1v) is 11.8. The zero-order valence-corrected chi connectivity index (χ0v) is 20.0. The minimum atomic E-state index is -0.582. The van der Waals surface area contributed by atoms with Gasteiger partial charge in [0.25, 0.3) is 5.56 Å². The number of aromatic nitrogens is 2. The number of nitrogens with two attached hydrogens (primary N) is 1. The number of unbranched alkanes of at least 4 members (excludes halogenated alkanes) is 3. The van der Waals surface area contributed by atoms with Gasteiger partial charge in [0.15, 0.2) is 0 Å². The van der Waals surface area contributed by atoms with Gasteiger partial charge in [-0.1, -0.05) is 52.2 Å². The van der Waals surface area contributed by atoms with Crippen molar-refractivity contribution >= 4 is 23.1 Å². The van der Waals surface area contributed by atoms with Gasteiger partial charge < -0.3 is 20.7 Å². The number of carbonyl (C=O) groups excluding carboxylic acids is 1. The number of anilines is 3. The van der Waals surface area contributed by atoms with Gasteiger partial charge in [0.1, 0.15) is 17.3 Å². The lowest BCUT2D eigenvalue weighted by Gasteiger charge is -2.26. The SMILES string of the molecule is CCCCCN(CC(=O)Nc1ccccc1OCCC)c1c(N)n(CCCC)c(=O)[nH]c1=O. The molecule has 1 amide bonds. The lowest BCUT2D eigenvalue weighted by molar-refractivity contribution is -0.115. The first-order valence-electron chi connectivity index (χ1n) is 11.8. The molecule has 1 aromatic heterocycles. The average molecular weight is 460 g/mol. The fourth-order valence-electron chi connectivity index (χ4n) is 3.51. The smallest absolute Gasteiger partial charge is 0.330 e. The summed E-state index contributed by atoms with van der Waals surface area (Å²) in [5.74, 6) is 0.382. The Labute approximate surface area is 194 Å². The second-order valence-electron chi connectivity index (χ2n) is 8.02. The van der Waals surface area contributed by atoms with E-state index in [1.807, 2.05) is 26.0 Å². The van der Waals surface area contributed by atoms with E-state index in [0.29, 0.717) is 31.1 Å². The van der Waals surface area contributed by atoms with Crippen LogP contribution in [-0.4, -0.2) is 35.2 Å². The number of nitrogen functional groups attached to an aromatic ring is 1.